The summed E-state index contributed by atoms with van der Waals surface area (Å²) in [6.45, 7) is 0.898. The molecule has 12 heavy (non-hydrogen) atoms. The van der Waals surface area contributed by atoms with E-state index >= 15 is 0 Å². The largest absolute Gasteiger partial charge is 0.356 e. The Morgan fingerprint density at radius 1 is 1.75 bits per heavy atom. The van der Waals surface area contributed by atoms with Gasteiger partial charge in [0.05, 0.1) is 5.02 Å². The Balaban J connectivity index is 2.53. The van der Waals surface area contributed by atoms with Crippen molar-refractivity contribution in [2.24, 2.45) is 5.73 Å². The lowest BCUT2D eigenvalue weighted by Crippen LogP contribution is -2.29. The van der Waals surface area contributed by atoms with Crippen LogP contribution < -0.4 is 11.1 Å². The molecule has 0 radical (unpaired) electrons. The summed E-state index contributed by atoms with van der Waals surface area (Å²) in [7, 11) is 0. The van der Waals surface area contributed by atoms with Gasteiger partial charge < -0.3 is 16.0 Å². The van der Waals surface area contributed by atoms with Gasteiger partial charge in [-0.3, -0.25) is 4.79 Å². The lowest BCUT2D eigenvalue weighted by atomic mass is 10.4. The number of amides is 1. The Labute approximate surface area is 75.1 Å². The SMILES string of the molecule is NCCNC(=O)c1cc(Cl)c[nH]1. The summed E-state index contributed by atoms with van der Waals surface area (Å²) in [6, 6.07) is 1.56. The zero-order valence-corrected chi connectivity index (χ0v) is 7.19. The fraction of sp³-hybridized carbons (Fsp3) is 0.286. The number of carbonyl (C=O) groups excluding carboxylic acids is 1. The third-order valence-corrected chi connectivity index (χ3v) is 1.54. The first-order valence-corrected chi connectivity index (χ1v) is 3.94. The van der Waals surface area contributed by atoms with E-state index in [-0.39, 0.29) is 5.91 Å². The molecule has 1 amide bonds. The molecule has 0 saturated heterocycles. The van der Waals surface area contributed by atoms with Gasteiger partial charge in [0.15, 0.2) is 0 Å². The lowest BCUT2D eigenvalue weighted by molar-refractivity contribution is 0.0950. The first-order chi connectivity index (χ1) is 5.74. The smallest absolute Gasteiger partial charge is 0.267 e. The third-order valence-electron chi connectivity index (χ3n) is 1.32. The van der Waals surface area contributed by atoms with E-state index in [1.165, 1.54) is 0 Å². The maximum Gasteiger partial charge on any atom is 0.267 e. The highest BCUT2D eigenvalue weighted by atomic mass is 35.5. The third kappa shape index (κ3) is 2.25. The molecule has 66 valence electrons. The molecule has 0 bridgehead atoms. The number of carbonyl (C=O) groups is 1. The van der Waals surface area contributed by atoms with E-state index in [0.717, 1.165) is 0 Å². The van der Waals surface area contributed by atoms with Crippen LogP contribution in [0.25, 0.3) is 0 Å². The van der Waals surface area contributed by atoms with Crippen LogP contribution in [0.3, 0.4) is 0 Å². The Kier molecular flexibility index (Phi) is 3.13. The molecule has 0 spiro atoms. The first kappa shape index (κ1) is 9.09. The minimum atomic E-state index is -0.188. The number of rotatable bonds is 3. The molecule has 5 heteroatoms. The van der Waals surface area contributed by atoms with Crippen molar-refractivity contribution in [1.82, 2.24) is 10.3 Å². The standard InChI is InChI=1S/C7H10ClN3O/c8-5-3-6(11-4-5)7(12)10-2-1-9/h3-4,11H,1-2,9H2,(H,10,12). The number of aromatic amines is 1. The number of halogens is 1. The second kappa shape index (κ2) is 4.13. The van der Waals surface area contributed by atoms with Gasteiger partial charge in [-0.15, -0.1) is 0 Å². The van der Waals surface area contributed by atoms with E-state index < -0.39 is 0 Å². The molecule has 0 unspecified atom stereocenters. The van der Waals surface area contributed by atoms with Crippen molar-refractivity contribution >= 4 is 17.5 Å². The van der Waals surface area contributed by atoms with Gasteiger partial charge in [0.2, 0.25) is 0 Å². The summed E-state index contributed by atoms with van der Waals surface area (Å²) in [5.74, 6) is -0.188. The molecule has 4 N–H and O–H groups in total. The molecule has 1 heterocycles. The van der Waals surface area contributed by atoms with Gasteiger partial charge in [-0.25, -0.2) is 0 Å². The van der Waals surface area contributed by atoms with E-state index in [4.69, 9.17) is 17.3 Å². The molecule has 0 aliphatic carbocycles. The van der Waals surface area contributed by atoms with Gasteiger partial charge in [-0.05, 0) is 6.07 Å². The van der Waals surface area contributed by atoms with Gasteiger partial charge in [-0.2, -0.15) is 0 Å². The summed E-state index contributed by atoms with van der Waals surface area (Å²) in [6.07, 6.45) is 1.55. The zero-order chi connectivity index (χ0) is 8.97. The number of nitrogens with one attached hydrogen (secondary N) is 2. The van der Waals surface area contributed by atoms with Crippen molar-refractivity contribution in [3.8, 4) is 0 Å². The van der Waals surface area contributed by atoms with Crippen LogP contribution in [0.15, 0.2) is 12.3 Å². The Hall–Kier alpha value is -1.00. The van der Waals surface area contributed by atoms with E-state index in [2.05, 4.69) is 10.3 Å². The normalized spacial score (nSPS) is 9.83. The molecule has 0 saturated carbocycles. The van der Waals surface area contributed by atoms with Crippen molar-refractivity contribution in [1.29, 1.82) is 0 Å². The highest BCUT2D eigenvalue weighted by molar-refractivity contribution is 6.30. The zero-order valence-electron chi connectivity index (χ0n) is 6.43. The minimum Gasteiger partial charge on any atom is -0.356 e. The molecular weight excluding hydrogens is 178 g/mol. The molecular formula is C7H10ClN3O. The Morgan fingerprint density at radius 3 is 3.00 bits per heavy atom. The van der Waals surface area contributed by atoms with Gasteiger partial charge in [0.25, 0.3) is 5.91 Å². The summed E-state index contributed by atoms with van der Waals surface area (Å²) < 4.78 is 0. The summed E-state index contributed by atoms with van der Waals surface area (Å²) in [5.41, 5.74) is 5.66. The molecule has 4 nitrogen and oxygen atoms in total. The average Bonchev–Trinajstić information content (AvgIpc) is 2.47. The number of nitrogens with two attached hydrogens (primary N) is 1. The monoisotopic (exact) mass is 187 g/mol. The summed E-state index contributed by atoms with van der Waals surface area (Å²) in [5, 5.41) is 3.13. The van der Waals surface area contributed by atoms with E-state index in [0.29, 0.717) is 23.8 Å². The molecule has 1 rings (SSSR count). The molecule has 0 aromatic carbocycles. The minimum absolute atomic E-state index is 0.188. The fourth-order valence-corrected chi connectivity index (χ4v) is 0.944. The molecule has 1 aromatic heterocycles. The maximum absolute atomic E-state index is 11.2. The highest BCUT2D eigenvalue weighted by Crippen LogP contribution is 2.08. The predicted octanol–water partition coefficient (Wildman–Crippen LogP) is 0.357. The van der Waals surface area contributed by atoms with E-state index in [1.54, 1.807) is 12.3 Å². The van der Waals surface area contributed by atoms with Gasteiger partial charge in [0, 0.05) is 19.3 Å². The van der Waals surface area contributed by atoms with Crippen LogP contribution in [0.1, 0.15) is 10.5 Å². The average molecular weight is 188 g/mol. The van der Waals surface area contributed by atoms with Crippen molar-refractivity contribution in [2.45, 2.75) is 0 Å². The van der Waals surface area contributed by atoms with E-state index in [1.807, 2.05) is 0 Å². The fourth-order valence-electron chi connectivity index (χ4n) is 0.780. The highest BCUT2D eigenvalue weighted by Gasteiger charge is 2.05. The van der Waals surface area contributed by atoms with Crippen molar-refractivity contribution in [3.63, 3.8) is 0 Å². The van der Waals surface area contributed by atoms with Gasteiger partial charge >= 0.3 is 0 Å². The van der Waals surface area contributed by atoms with Crippen LogP contribution in [0.2, 0.25) is 5.02 Å². The van der Waals surface area contributed by atoms with Crippen molar-refractivity contribution in [3.05, 3.63) is 23.0 Å². The van der Waals surface area contributed by atoms with Crippen LogP contribution in [-0.4, -0.2) is 24.0 Å². The van der Waals surface area contributed by atoms with Crippen molar-refractivity contribution in [2.75, 3.05) is 13.1 Å². The molecule has 0 atom stereocenters. The number of H-pyrrole nitrogens is 1. The Morgan fingerprint density at radius 2 is 2.50 bits per heavy atom. The first-order valence-electron chi connectivity index (χ1n) is 3.56. The Bertz CT molecular complexity index is 271. The van der Waals surface area contributed by atoms with Gasteiger partial charge in [-0.1, -0.05) is 11.6 Å². The summed E-state index contributed by atoms with van der Waals surface area (Å²) in [4.78, 5) is 13.9. The second-order valence-electron chi connectivity index (χ2n) is 2.28. The van der Waals surface area contributed by atoms with Crippen LogP contribution in [0.5, 0.6) is 0 Å². The molecule has 0 fully saturated rings. The quantitative estimate of drug-likeness (QED) is 0.640. The molecule has 0 aliphatic rings. The van der Waals surface area contributed by atoms with E-state index in [9.17, 15) is 4.79 Å². The lowest BCUT2D eigenvalue weighted by Gasteiger charge is -1.99. The topological polar surface area (TPSA) is 70.9 Å². The van der Waals surface area contributed by atoms with Gasteiger partial charge in [0.1, 0.15) is 5.69 Å². The number of hydrogen-bond acceptors (Lipinski definition) is 2. The maximum atomic E-state index is 11.2. The predicted molar refractivity (Wildman–Crippen MR) is 47.2 cm³/mol. The number of hydrogen-bond donors (Lipinski definition) is 3. The van der Waals surface area contributed by atoms with Crippen LogP contribution in [0.4, 0.5) is 0 Å². The number of aromatic nitrogens is 1. The van der Waals surface area contributed by atoms with Crippen LogP contribution >= 0.6 is 11.6 Å². The summed E-state index contributed by atoms with van der Waals surface area (Å²) >= 11 is 5.60. The molecule has 0 aliphatic heterocycles. The van der Waals surface area contributed by atoms with Crippen LogP contribution in [-0.2, 0) is 0 Å². The van der Waals surface area contributed by atoms with Crippen LogP contribution in [0, 0.1) is 0 Å². The molecule has 1 aromatic rings. The second-order valence-corrected chi connectivity index (χ2v) is 2.71. The van der Waals surface area contributed by atoms with Crippen molar-refractivity contribution < 1.29 is 4.79 Å².